The van der Waals surface area contributed by atoms with Gasteiger partial charge in [-0.15, -0.1) is 0 Å². The molecule has 0 heterocycles. The predicted molar refractivity (Wildman–Crippen MR) is 103 cm³/mol. The lowest BCUT2D eigenvalue weighted by atomic mass is 10.1. The highest BCUT2D eigenvalue weighted by molar-refractivity contribution is 7.92. The number of carbonyl (C=O) groups excluding carboxylic acids is 1. The molecule has 0 unspecified atom stereocenters. The molecule has 0 aliphatic heterocycles. The number of aryl methyl sites for hydroxylation is 3. The van der Waals surface area contributed by atoms with Crippen molar-refractivity contribution in [3.8, 4) is 0 Å². The quantitative estimate of drug-likeness (QED) is 0.858. The molecule has 2 aromatic carbocycles. The average Bonchev–Trinajstić information content (AvgIpc) is 2.49. The van der Waals surface area contributed by atoms with Crippen molar-refractivity contribution in [1.29, 1.82) is 0 Å². The van der Waals surface area contributed by atoms with E-state index in [0.717, 1.165) is 16.7 Å². The number of rotatable bonds is 6. The van der Waals surface area contributed by atoms with E-state index in [1.165, 1.54) is 10.6 Å². The molecule has 1 N–H and O–H groups in total. The predicted octanol–water partition coefficient (Wildman–Crippen LogP) is 3.41. The Labute approximate surface area is 149 Å². The second kappa shape index (κ2) is 7.70. The van der Waals surface area contributed by atoms with Crippen molar-refractivity contribution in [3.05, 3.63) is 59.2 Å². The van der Waals surface area contributed by atoms with E-state index in [-0.39, 0.29) is 18.9 Å². The molecule has 25 heavy (non-hydrogen) atoms. The Hall–Kier alpha value is -2.34. The topological polar surface area (TPSA) is 66.5 Å². The molecule has 0 bridgehead atoms. The highest BCUT2D eigenvalue weighted by Gasteiger charge is 2.22. The number of para-hydroxylation sites is 1. The maximum absolute atomic E-state index is 12.3. The lowest BCUT2D eigenvalue weighted by molar-refractivity contribution is -0.116. The molecular formula is C19H24N2O3S. The molecule has 0 aliphatic carbocycles. The van der Waals surface area contributed by atoms with E-state index < -0.39 is 10.0 Å². The van der Waals surface area contributed by atoms with Crippen molar-refractivity contribution in [2.75, 3.05) is 22.4 Å². The van der Waals surface area contributed by atoms with Gasteiger partial charge < -0.3 is 5.32 Å². The number of carbonyl (C=O) groups is 1. The van der Waals surface area contributed by atoms with Crippen molar-refractivity contribution in [1.82, 2.24) is 0 Å². The van der Waals surface area contributed by atoms with E-state index in [0.29, 0.717) is 11.4 Å². The first-order valence-electron chi connectivity index (χ1n) is 8.09. The fraction of sp³-hybridized carbons (Fsp3) is 0.316. The Kier molecular flexibility index (Phi) is 5.85. The zero-order valence-corrected chi connectivity index (χ0v) is 15.9. The summed E-state index contributed by atoms with van der Waals surface area (Å²) < 4.78 is 25.9. The molecule has 6 heteroatoms. The Morgan fingerprint density at radius 1 is 1.04 bits per heavy atom. The summed E-state index contributed by atoms with van der Waals surface area (Å²) in [5.41, 5.74) is 4.19. The number of benzene rings is 2. The molecule has 5 nitrogen and oxygen atoms in total. The van der Waals surface area contributed by atoms with Crippen molar-refractivity contribution in [2.45, 2.75) is 27.2 Å². The first-order valence-corrected chi connectivity index (χ1v) is 9.94. The standard InChI is InChI=1S/C19H24N2O3S/c1-14-12-15(2)19(16(3)13-14)21(25(4,23)24)11-10-18(22)20-17-8-6-5-7-9-17/h5-9,12-13H,10-11H2,1-4H3,(H,20,22). The molecule has 0 fully saturated rings. The molecule has 0 aromatic heterocycles. The Balaban J connectivity index is 2.19. The van der Waals surface area contributed by atoms with Crippen molar-refractivity contribution in [3.63, 3.8) is 0 Å². The van der Waals surface area contributed by atoms with E-state index in [4.69, 9.17) is 0 Å². The van der Waals surface area contributed by atoms with Gasteiger partial charge in [-0.05, 0) is 44.0 Å². The van der Waals surface area contributed by atoms with Gasteiger partial charge in [0.2, 0.25) is 15.9 Å². The molecule has 0 radical (unpaired) electrons. The third kappa shape index (κ3) is 5.06. The number of hydrogen-bond acceptors (Lipinski definition) is 3. The van der Waals surface area contributed by atoms with Crippen LogP contribution in [0, 0.1) is 20.8 Å². The van der Waals surface area contributed by atoms with E-state index >= 15 is 0 Å². The van der Waals surface area contributed by atoms with Crippen LogP contribution in [0.3, 0.4) is 0 Å². The third-order valence-corrected chi connectivity index (χ3v) is 5.05. The van der Waals surface area contributed by atoms with E-state index in [1.807, 2.05) is 51.1 Å². The van der Waals surface area contributed by atoms with E-state index in [1.54, 1.807) is 12.1 Å². The van der Waals surface area contributed by atoms with Gasteiger partial charge in [0.05, 0.1) is 11.9 Å². The van der Waals surface area contributed by atoms with E-state index in [9.17, 15) is 13.2 Å². The first-order chi connectivity index (χ1) is 11.7. The fourth-order valence-electron chi connectivity index (χ4n) is 2.96. The molecule has 134 valence electrons. The summed E-state index contributed by atoms with van der Waals surface area (Å²) in [7, 11) is -3.49. The van der Waals surface area contributed by atoms with Crippen molar-refractivity contribution < 1.29 is 13.2 Å². The van der Waals surface area contributed by atoms with Gasteiger partial charge in [-0.3, -0.25) is 9.10 Å². The van der Waals surface area contributed by atoms with Gasteiger partial charge in [-0.2, -0.15) is 0 Å². The lowest BCUT2D eigenvalue weighted by Gasteiger charge is -2.26. The number of anilines is 2. The zero-order chi connectivity index (χ0) is 18.6. The molecule has 0 atom stereocenters. The maximum atomic E-state index is 12.3. The highest BCUT2D eigenvalue weighted by atomic mass is 32.2. The Bertz CT molecular complexity index is 838. The van der Waals surface area contributed by atoms with Crippen LogP contribution < -0.4 is 9.62 Å². The van der Waals surface area contributed by atoms with Crippen LogP contribution in [-0.2, 0) is 14.8 Å². The number of amides is 1. The normalized spacial score (nSPS) is 11.2. The summed E-state index contributed by atoms with van der Waals surface area (Å²) in [6.07, 6.45) is 1.25. The van der Waals surface area contributed by atoms with Crippen LogP contribution in [0.15, 0.2) is 42.5 Å². The molecule has 0 spiro atoms. The average molecular weight is 360 g/mol. The smallest absolute Gasteiger partial charge is 0.232 e. The summed E-state index contributed by atoms with van der Waals surface area (Å²) in [4.78, 5) is 12.2. The van der Waals surface area contributed by atoms with Gasteiger partial charge in [0, 0.05) is 18.7 Å². The third-order valence-electron chi connectivity index (χ3n) is 3.88. The summed E-state index contributed by atoms with van der Waals surface area (Å²) in [6, 6.07) is 13.0. The summed E-state index contributed by atoms with van der Waals surface area (Å²) >= 11 is 0. The van der Waals surface area contributed by atoms with Crippen LogP contribution in [0.25, 0.3) is 0 Å². The minimum absolute atomic E-state index is 0.0781. The Morgan fingerprint density at radius 2 is 1.60 bits per heavy atom. The fourth-order valence-corrected chi connectivity index (χ4v) is 4.00. The van der Waals surface area contributed by atoms with Gasteiger partial charge in [0.1, 0.15) is 0 Å². The van der Waals surface area contributed by atoms with Crippen LogP contribution in [0.4, 0.5) is 11.4 Å². The molecule has 2 aromatic rings. The number of sulfonamides is 1. The SMILES string of the molecule is Cc1cc(C)c(N(CCC(=O)Nc2ccccc2)S(C)(=O)=O)c(C)c1. The van der Waals surface area contributed by atoms with Crippen LogP contribution in [-0.4, -0.2) is 27.1 Å². The van der Waals surface area contributed by atoms with Crippen LogP contribution in [0.2, 0.25) is 0 Å². The molecule has 1 amide bonds. The Morgan fingerprint density at radius 3 is 2.12 bits per heavy atom. The van der Waals surface area contributed by atoms with E-state index in [2.05, 4.69) is 5.32 Å². The van der Waals surface area contributed by atoms with Crippen LogP contribution in [0.5, 0.6) is 0 Å². The van der Waals surface area contributed by atoms with Gasteiger partial charge in [-0.25, -0.2) is 8.42 Å². The second-order valence-corrected chi connectivity index (χ2v) is 8.15. The zero-order valence-electron chi connectivity index (χ0n) is 15.0. The van der Waals surface area contributed by atoms with Crippen molar-refractivity contribution >= 4 is 27.3 Å². The van der Waals surface area contributed by atoms with Crippen LogP contribution in [0.1, 0.15) is 23.1 Å². The minimum atomic E-state index is -3.49. The number of nitrogens with one attached hydrogen (secondary N) is 1. The van der Waals surface area contributed by atoms with Gasteiger partial charge in [0.25, 0.3) is 0 Å². The van der Waals surface area contributed by atoms with Gasteiger partial charge >= 0.3 is 0 Å². The second-order valence-electron chi connectivity index (χ2n) is 6.25. The molecule has 0 saturated heterocycles. The lowest BCUT2D eigenvalue weighted by Crippen LogP contribution is -2.34. The summed E-state index contributed by atoms with van der Waals surface area (Å²) in [5, 5.41) is 2.78. The van der Waals surface area contributed by atoms with Crippen LogP contribution >= 0.6 is 0 Å². The first kappa shape index (κ1) is 19.0. The summed E-state index contributed by atoms with van der Waals surface area (Å²) in [6.45, 7) is 5.85. The maximum Gasteiger partial charge on any atom is 0.232 e. The number of hydrogen-bond donors (Lipinski definition) is 1. The monoisotopic (exact) mass is 360 g/mol. The van der Waals surface area contributed by atoms with Crippen molar-refractivity contribution in [2.24, 2.45) is 0 Å². The highest BCUT2D eigenvalue weighted by Crippen LogP contribution is 2.28. The van der Waals surface area contributed by atoms with Gasteiger partial charge in [-0.1, -0.05) is 35.9 Å². The largest absolute Gasteiger partial charge is 0.326 e. The summed E-state index contributed by atoms with van der Waals surface area (Å²) in [5.74, 6) is -0.220. The molecule has 2 rings (SSSR count). The minimum Gasteiger partial charge on any atom is -0.326 e. The van der Waals surface area contributed by atoms with Gasteiger partial charge in [0.15, 0.2) is 0 Å². The molecule has 0 saturated carbocycles. The number of nitrogens with zero attached hydrogens (tertiary/aromatic N) is 1. The molecule has 0 aliphatic rings. The molecular weight excluding hydrogens is 336 g/mol.